The zero-order valence-corrected chi connectivity index (χ0v) is 27.6. The molecular weight excluding hydrogens is 619 g/mol. The Kier molecular flexibility index (Phi) is 7.22. The largest absolute Gasteiger partial charge is 0.310 e. The highest BCUT2D eigenvalue weighted by atomic mass is 32.1. The van der Waals surface area contributed by atoms with Crippen molar-refractivity contribution in [2.45, 2.75) is 0 Å². The molecular formula is C45H29NS2. The summed E-state index contributed by atoms with van der Waals surface area (Å²) >= 11 is 3.67. The van der Waals surface area contributed by atoms with Crippen LogP contribution in [0.1, 0.15) is 11.1 Å². The summed E-state index contributed by atoms with van der Waals surface area (Å²) < 4.78 is 0. The third-order valence-electron chi connectivity index (χ3n) is 8.95. The first-order valence-corrected chi connectivity index (χ1v) is 17.7. The van der Waals surface area contributed by atoms with Crippen LogP contribution in [-0.4, -0.2) is 0 Å². The van der Waals surface area contributed by atoms with Gasteiger partial charge >= 0.3 is 0 Å². The molecule has 1 aliphatic rings. The van der Waals surface area contributed by atoms with Gasteiger partial charge in [0.2, 0.25) is 0 Å². The van der Waals surface area contributed by atoms with E-state index < -0.39 is 0 Å². The predicted molar refractivity (Wildman–Crippen MR) is 209 cm³/mol. The minimum atomic E-state index is 1.12. The van der Waals surface area contributed by atoms with E-state index in [-0.39, 0.29) is 0 Å². The van der Waals surface area contributed by atoms with E-state index in [4.69, 9.17) is 0 Å². The molecule has 0 saturated heterocycles. The van der Waals surface area contributed by atoms with Gasteiger partial charge in [0.05, 0.1) is 5.69 Å². The zero-order valence-electron chi connectivity index (χ0n) is 26.0. The third-order valence-corrected chi connectivity index (χ3v) is 11.3. The molecule has 0 radical (unpaired) electrons. The van der Waals surface area contributed by atoms with Gasteiger partial charge < -0.3 is 4.90 Å². The highest BCUT2D eigenvalue weighted by Crippen LogP contribution is 2.44. The van der Waals surface area contributed by atoms with Crippen LogP contribution in [0.15, 0.2) is 170 Å². The van der Waals surface area contributed by atoms with E-state index in [1.165, 1.54) is 63.7 Å². The van der Waals surface area contributed by atoms with Crippen molar-refractivity contribution < 1.29 is 0 Å². The SMILES string of the molecule is C1=Cc2c(N(c3ccc(-c4ccc(-c5ccccc5)s4)cc3)c3ccc(-c4ccc(-c5ccccc5)s4)cc3)cc3ccccc3c2C=1. The highest BCUT2D eigenvalue weighted by molar-refractivity contribution is 7.19. The first-order valence-electron chi connectivity index (χ1n) is 16.1. The summed E-state index contributed by atoms with van der Waals surface area (Å²) in [5, 5.41) is 2.47. The summed E-state index contributed by atoms with van der Waals surface area (Å²) in [7, 11) is 0. The van der Waals surface area contributed by atoms with Crippen LogP contribution in [-0.2, 0) is 0 Å². The van der Waals surface area contributed by atoms with Gasteiger partial charge in [0.15, 0.2) is 0 Å². The lowest BCUT2D eigenvalue weighted by molar-refractivity contribution is 1.28. The molecule has 1 nitrogen and oxygen atoms in total. The molecule has 2 heterocycles. The molecule has 0 amide bonds. The lowest BCUT2D eigenvalue weighted by Gasteiger charge is -2.28. The molecule has 0 aliphatic heterocycles. The van der Waals surface area contributed by atoms with Gasteiger partial charge in [-0.05, 0) is 105 Å². The molecule has 0 bridgehead atoms. The number of hydrogen-bond donors (Lipinski definition) is 0. The molecule has 6 aromatic carbocycles. The first kappa shape index (κ1) is 28.5. The van der Waals surface area contributed by atoms with Crippen LogP contribution in [0.25, 0.3) is 64.7 Å². The Bertz CT molecular complexity index is 2340. The van der Waals surface area contributed by atoms with Gasteiger partial charge in [-0.15, -0.1) is 28.4 Å². The lowest BCUT2D eigenvalue weighted by atomic mass is 9.97. The van der Waals surface area contributed by atoms with Crippen molar-refractivity contribution in [3.05, 3.63) is 181 Å². The van der Waals surface area contributed by atoms with Gasteiger partial charge in [-0.25, -0.2) is 0 Å². The molecule has 0 atom stereocenters. The lowest BCUT2D eigenvalue weighted by Crippen LogP contribution is -2.12. The summed E-state index contributed by atoms with van der Waals surface area (Å²) in [5.41, 5.74) is 14.1. The molecule has 9 rings (SSSR count). The number of rotatable bonds is 7. The second kappa shape index (κ2) is 12.2. The molecule has 0 N–H and O–H groups in total. The molecule has 226 valence electrons. The Balaban J connectivity index is 1.11. The third kappa shape index (κ3) is 5.21. The van der Waals surface area contributed by atoms with Crippen molar-refractivity contribution in [3.63, 3.8) is 0 Å². The van der Waals surface area contributed by atoms with Crippen LogP contribution >= 0.6 is 22.7 Å². The molecule has 0 saturated carbocycles. The zero-order chi connectivity index (χ0) is 31.9. The van der Waals surface area contributed by atoms with Gasteiger partial charge in [-0.1, -0.05) is 109 Å². The van der Waals surface area contributed by atoms with Crippen molar-refractivity contribution in [1.82, 2.24) is 0 Å². The highest BCUT2D eigenvalue weighted by Gasteiger charge is 2.21. The van der Waals surface area contributed by atoms with Crippen molar-refractivity contribution in [3.8, 4) is 41.8 Å². The fourth-order valence-electron chi connectivity index (χ4n) is 6.55. The topological polar surface area (TPSA) is 3.24 Å². The second-order valence-corrected chi connectivity index (χ2v) is 14.1. The van der Waals surface area contributed by atoms with Crippen molar-refractivity contribution in [2.75, 3.05) is 4.90 Å². The van der Waals surface area contributed by atoms with Crippen LogP contribution in [0, 0.1) is 0 Å². The van der Waals surface area contributed by atoms with Crippen molar-refractivity contribution >= 4 is 62.7 Å². The van der Waals surface area contributed by atoms with Crippen LogP contribution in [0.2, 0.25) is 0 Å². The van der Waals surface area contributed by atoms with E-state index in [0.29, 0.717) is 0 Å². The molecule has 3 heteroatoms. The molecule has 0 fully saturated rings. The molecule has 1 aliphatic carbocycles. The number of nitrogens with zero attached hydrogens (tertiary/aromatic N) is 1. The van der Waals surface area contributed by atoms with Gasteiger partial charge in [0, 0.05) is 36.4 Å². The minimum absolute atomic E-state index is 1.12. The van der Waals surface area contributed by atoms with Gasteiger partial charge in [0.25, 0.3) is 0 Å². The number of thiophene rings is 2. The summed E-state index contributed by atoms with van der Waals surface area (Å²) in [4.78, 5) is 7.49. The standard InChI is InChI=1S/C45H29NS2/c1-3-10-31(11-4-1)42-26-28-44(47-42)33-18-22-36(23-19-33)46(41-30-35-14-7-8-15-38(35)39-16-9-17-40(39)41)37-24-20-34(21-25-37)45-29-27-43(48-45)32-12-5-2-6-13-32/h1-8,10-30H. The van der Waals surface area contributed by atoms with Gasteiger partial charge in [-0.3, -0.25) is 0 Å². The van der Waals surface area contributed by atoms with Gasteiger partial charge in [0.1, 0.15) is 0 Å². The fourth-order valence-corrected chi connectivity index (χ4v) is 8.59. The van der Waals surface area contributed by atoms with E-state index in [9.17, 15) is 0 Å². The number of hydrogen-bond acceptors (Lipinski definition) is 3. The number of benzene rings is 6. The molecule has 8 aromatic rings. The minimum Gasteiger partial charge on any atom is -0.310 e. The summed E-state index contributed by atoms with van der Waals surface area (Å²) in [6.45, 7) is 0. The Morgan fingerprint density at radius 3 is 1.35 bits per heavy atom. The Morgan fingerprint density at radius 1 is 0.396 bits per heavy atom. The summed E-state index contributed by atoms with van der Waals surface area (Å²) in [5.74, 6) is 0. The first-order chi connectivity index (χ1) is 23.8. The molecule has 0 unspecified atom stereocenters. The average Bonchev–Trinajstić information content (AvgIpc) is 3.96. The maximum absolute atomic E-state index is 3.40. The average molecular weight is 648 g/mol. The maximum Gasteiger partial charge on any atom is 0.0552 e. The Morgan fingerprint density at radius 2 is 0.833 bits per heavy atom. The molecule has 2 aromatic heterocycles. The monoisotopic (exact) mass is 647 g/mol. The smallest absolute Gasteiger partial charge is 0.0552 e. The normalized spacial score (nSPS) is 11.7. The fraction of sp³-hybridized carbons (Fsp3) is 0. The summed E-state index contributed by atoms with van der Waals surface area (Å²) in [6, 6.07) is 59.2. The van der Waals surface area contributed by atoms with Crippen molar-refractivity contribution in [2.24, 2.45) is 0 Å². The Labute approximate surface area is 288 Å². The van der Waals surface area contributed by atoms with E-state index in [1.54, 1.807) is 0 Å². The van der Waals surface area contributed by atoms with Crippen molar-refractivity contribution in [1.29, 1.82) is 0 Å². The van der Waals surface area contributed by atoms with E-state index in [1.807, 2.05) is 22.7 Å². The number of anilines is 3. The van der Waals surface area contributed by atoms with Gasteiger partial charge in [-0.2, -0.15) is 0 Å². The van der Waals surface area contributed by atoms with Crippen LogP contribution in [0.3, 0.4) is 0 Å². The summed E-state index contributed by atoms with van der Waals surface area (Å²) in [6.07, 6.45) is 4.24. The van der Waals surface area contributed by atoms with E-state index in [2.05, 4.69) is 187 Å². The Hall–Kier alpha value is -5.70. The molecule has 48 heavy (non-hydrogen) atoms. The van der Waals surface area contributed by atoms with Crippen LogP contribution in [0.4, 0.5) is 17.1 Å². The molecule has 0 spiro atoms. The predicted octanol–water partition coefficient (Wildman–Crippen LogP) is 13.7. The van der Waals surface area contributed by atoms with E-state index in [0.717, 1.165) is 17.1 Å². The van der Waals surface area contributed by atoms with Crippen LogP contribution < -0.4 is 4.90 Å². The maximum atomic E-state index is 3.40. The van der Waals surface area contributed by atoms with E-state index >= 15 is 0 Å². The quantitative estimate of drug-likeness (QED) is 0.156. The number of fused-ring (bicyclic) bond motifs is 3. The second-order valence-electron chi connectivity index (χ2n) is 11.9. The van der Waals surface area contributed by atoms with Crippen LogP contribution in [0.5, 0.6) is 0 Å².